The number of rotatable bonds is 9. The van der Waals surface area contributed by atoms with Gasteiger partial charge in [-0.05, 0) is 38.1 Å². The van der Waals surface area contributed by atoms with Gasteiger partial charge in [-0.2, -0.15) is 0 Å². The number of halogens is 1. The molecule has 0 aliphatic carbocycles. The van der Waals surface area contributed by atoms with Crippen LogP contribution in [0.3, 0.4) is 0 Å². The molecular weight excluding hydrogens is 454 g/mol. The van der Waals surface area contributed by atoms with Crippen molar-refractivity contribution in [1.82, 2.24) is 9.55 Å². The number of ether oxygens (including phenoxy) is 2. The molecule has 176 valence electrons. The Hall–Kier alpha value is -4.04. The number of anilines is 1. The molecular formula is C25H26ClN5O3. The third kappa shape index (κ3) is 5.85. The van der Waals surface area contributed by atoms with Crippen molar-refractivity contribution in [1.29, 1.82) is 0 Å². The highest BCUT2D eigenvalue weighted by molar-refractivity contribution is 6.31. The molecule has 3 rings (SSSR count). The molecule has 0 spiro atoms. The number of carbonyl (C=O) groups is 1. The molecule has 34 heavy (non-hydrogen) atoms. The van der Waals surface area contributed by atoms with Crippen molar-refractivity contribution in [3.05, 3.63) is 95.4 Å². The number of nitrogens with one attached hydrogen (secondary N) is 1. The lowest BCUT2D eigenvalue weighted by Crippen LogP contribution is -2.19. The second-order valence-corrected chi connectivity index (χ2v) is 7.59. The Morgan fingerprint density at radius 2 is 2.03 bits per heavy atom. The number of aromatic nitrogens is 2. The van der Waals surface area contributed by atoms with Crippen LogP contribution in [0.5, 0.6) is 5.75 Å². The summed E-state index contributed by atoms with van der Waals surface area (Å²) in [7, 11) is 1.59. The Morgan fingerprint density at radius 3 is 2.62 bits per heavy atom. The fraction of sp³-hybridized carbons (Fsp3) is 0.160. The molecule has 0 saturated carbocycles. The van der Waals surface area contributed by atoms with Gasteiger partial charge in [-0.25, -0.2) is 14.8 Å². The maximum Gasteiger partial charge on any atom is 0.341 e. The minimum Gasteiger partial charge on any atom is -0.494 e. The third-order valence-corrected chi connectivity index (χ3v) is 4.99. The Labute approximate surface area is 203 Å². The van der Waals surface area contributed by atoms with E-state index in [9.17, 15) is 4.79 Å². The van der Waals surface area contributed by atoms with E-state index in [4.69, 9.17) is 26.8 Å². The highest BCUT2D eigenvalue weighted by Gasteiger charge is 2.19. The number of esters is 1. The number of benzene rings is 2. The maximum atomic E-state index is 12.5. The lowest BCUT2D eigenvalue weighted by Gasteiger charge is -2.14. The van der Waals surface area contributed by atoms with E-state index in [1.165, 1.54) is 6.20 Å². The van der Waals surface area contributed by atoms with E-state index >= 15 is 0 Å². The standard InChI is InChI=1S/C25H26ClN5O3/c1-5-34-25(32)21(13-27)24(18-6-8-19(26)9-7-18)30-17(3)29-20-10-11-22(23(12-20)33-4)31-14-16(2)28-15-31/h6-15,29H,3,5,27H2,1-2,4H3/b21-13+,30-24-. The van der Waals surface area contributed by atoms with E-state index in [2.05, 4.69) is 21.9 Å². The van der Waals surface area contributed by atoms with Gasteiger partial charge in [-0.15, -0.1) is 0 Å². The SMILES string of the molecule is C=C(/N=C(\C(=C/N)C(=O)OCC)c1ccc(Cl)cc1)Nc1ccc(-n2cnc(C)c2)c(OC)c1. The summed E-state index contributed by atoms with van der Waals surface area (Å²) in [4.78, 5) is 21.3. The summed E-state index contributed by atoms with van der Waals surface area (Å²) in [6, 6.07) is 12.4. The second kappa shape index (κ2) is 11.2. The van der Waals surface area contributed by atoms with Crippen LogP contribution in [0.4, 0.5) is 5.69 Å². The fourth-order valence-corrected chi connectivity index (χ4v) is 3.32. The lowest BCUT2D eigenvalue weighted by atomic mass is 10.0. The van der Waals surface area contributed by atoms with Crippen LogP contribution in [-0.2, 0) is 9.53 Å². The van der Waals surface area contributed by atoms with E-state index in [0.717, 1.165) is 11.4 Å². The number of hydrogen-bond donors (Lipinski definition) is 2. The van der Waals surface area contributed by atoms with Crippen molar-refractivity contribution >= 4 is 29.0 Å². The van der Waals surface area contributed by atoms with Crippen molar-refractivity contribution in [2.45, 2.75) is 13.8 Å². The maximum absolute atomic E-state index is 12.5. The lowest BCUT2D eigenvalue weighted by molar-refractivity contribution is -0.137. The summed E-state index contributed by atoms with van der Waals surface area (Å²) in [5.74, 6) is 0.321. The number of hydrogen-bond acceptors (Lipinski definition) is 7. The van der Waals surface area contributed by atoms with Gasteiger partial charge >= 0.3 is 5.97 Å². The molecule has 2 aromatic carbocycles. The topological polar surface area (TPSA) is 104 Å². The fourth-order valence-electron chi connectivity index (χ4n) is 3.19. The first-order chi connectivity index (χ1) is 16.4. The van der Waals surface area contributed by atoms with Gasteiger partial charge in [0.15, 0.2) is 0 Å². The molecule has 9 heteroatoms. The molecule has 3 N–H and O–H groups in total. The zero-order chi connectivity index (χ0) is 24.7. The Morgan fingerprint density at radius 1 is 1.29 bits per heavy atom. The van der Waals surface area contributed by atoms with Gasteiger partial charge in [0.1, 0.15) is 17.1 Å². The zero-order valence-corrected chi connectivity index (χ0v) is 20.0. The van der Waals surface area contributed by atoms with Crippen molar-refractivity contribution in [2.75, 3.05) is 19.0 Å². The summed E-state index contributed by atoms with van der Waals surface area (Å²) in [5, 5.41) is 3.68. The van der Waals surface area contributed by atoms with Gasteiger partial charge in [-0.3, -0.25) is 0 Å². The predicted octanol–water partition coefficient (Wildman–Crippen LogP) is 4.62. The normalized spacial score (nSPS) is 11.8. The molecule has 8 nitrogen and oxygen atoms in total. The summed E-state index contributed by atoms with van der Waals surface area (Å²) < 4.78 is 12.6. The number of nitrogens with zero attached hydrogens (tertiary/aromatic N) is 3. The largest absolute Gasteiger partial charge is 0.494 e. The summed E-state index contributed by atoms with van der Waals surface area (Å²) in [6.45, 7) is 7.83. The van der Waals surface area contributed by atoms with Gasteiger partial charge in [0, 0.05) is 34.7 Å². The van der Waals surface area contributed by atoms with Gasteiger partial charge in [0.25, 0.3) is 0 Å². The highest BCUT2D eigenvalue weighted by Crippen LogP contribution is 2.28. The average molecular weight is 480 g/mol. The van der Waals surface area contributed by atoms with E-state index in [1.807, 2.05) is 35.9 Å². The van der Waals surface area contributed by atoms with E-state index in [-0.39, 0.29) is 18.0 Å². The highest BCUT2D eigenvalue weighted by atomic mass is 35.5. The van der Waals surface area contributed by atoms with Crippen LogP contribution in [0.15, 0.2) is 84.2 Å². The summed E-state index contributed by atoms with van der Waals surface area (Å²) in [6.07, 6.45) is 4.80. The average Bonchev–Trinajstić information content (AvgIpc) is 3.25. The number of aliphatic imine (C=N–C) groups is 1. The first kappa shape index (κ1) is 24.6. The minimum atomic E-state index is -0.590. The van der Waals surface area contributed by atoms with Crippen molar-refractivity contribution < 1.29 is 14.3 Å². The van der Waals surface area contributed by atoms with Crippen LogP contribution in [-0.4, -0.2) is 34.9 Å². The van der Waals surface area contributed by atoms with Crippen LogP contribution >= 0.6 is 11.6 Å². The van der Waals surface area contributed by atoms with Gasteiger partial charge in [0.2, 0.25) is 0 Å². The zero-order valence-electron chi connectivity index (χ0n) is 19.2. The van der Waals surface area contributed by atoms with Gasteiger partial charge in [0.05, 0.1) is 37.1 Å². The van der Waals surface area contributed by atoms with Crippen molar-refractivity contribution in [3.63, 3.8) is 0 Å². The van der Waals surface area contributed by atoms with Gasteiger partial charge in [-0.1, -0.05) is 30.3 Å². The molecule has 3 aromatic rings. The molecule has 0 saturated heterocycles. The molecule has 0 aliphatic rings. The molecule has 0 radical (unpaired) electrons. The number of imidazole rings is 1. The molecule has 0 fully saturated rings. The Balaban J connectivity index is 1.93. The predicted molar refractivity (Wildman–Crippen MR) is 135 cm³/mol. The number of nitrogens with two attached hydrogens (primary N) is 1. The van der Waals surface area contributed by atoms with E-state index in [0.29, 0.717) is 27.7 Å². The molecule has 0 aliphatic heterocycles. The summed E-state index contributed by atoms with van der Waals surface area (Å²) in [5.41, 5.74) is 9.22. The number of carbonyl (C=O) groups excluding carboxylic acids is 1. The quantitative estimate of drug-likeness (QED) is 0.263. The monoisotopic (exact) mass is 479 g/mol. The molecule has 1 aromatic heterocycles. The minimum absolute atomic E-state index is 0.107. The molecule has 0 unspecified atom stereocenters. The first-order valence-corrected chi connectivity index (χ1v) is 10.8. The smallest absolute Gasteiger partial charge is 0.341 e. The van der Waals surface area contributed by atoms with E-state index in [1.54, 1.807) is 44.6 Å². The third-order valence-electron chi connectivity index (χ3n) is 4.74. The second-order valence-electron chi connectivity index (χ2n) is 7.15. The molecule has 0 atom stereocenters. The van der Waals surface area contributed by atoms with Crippen molar-refractivity contribution in [3.8, 4) is 11.4 Å². The molecule has 1 heterocycles. The number of methoxy groups -OCH3 is 1. The van der Waals surface area contributed by atoms with Gasteiger partial charge < -0.3 is 25.1 Å². The van der Waals surface area contributed by atoms with Crippen LogP contribution < -0.4 is 15.8 Å². The molecule has 0 bridgehead atoms. The Kier molecular flexibility index (Phi) is 8.10. The van der Waals surface area contributed by atoms with Crippen LogP contribution in [0.25, 0.3) is 5.69 Å². The first-order valence-electron chi connectivity index (χ1n) is 10.4. The summed E-state index contributed by atoms with van der Waals surface area (Å²) >= 11 is 6.02. The van der Waals surface area contributed by atoms with Crippen LogP contribution in [0.2, 0.25) is 5.02 Å². The van der Waals surface area contributed by atoms with Crippen LogP contribution in [0, 0.1) is 6.92 Å². The van der Waals surface area contributed by atoms with Crippen LogP contribution in [0.1, 0.15) is 18.2 Å². The van der Waals surface area contributed by atoms with E-state index < -0.39 is 5.97 Å². The number of aryl methyl sites for hydroxylation is 1. The molecule has 0 amide bonds. The van der Waals surface area contributed by atoms with Crippen molar-refractivity contribution in [2.24, 2.45) is 10.7 Å². The Bertz CT molecular complexity index is 1250.